The second-order valence-corrected chi connectivity index (χ2v) is 4.23. The van der Waals surface area contributed by atoms with Gasteiger partial charge >= 0.3 is 0 Å². The molecule has 1 amide bonds. The maximum atomic E-state index is 11.8. The fourth-order valence-electron chi connectivity index (χ4n) is 2.06. The molecule has 0 heterocycles. The normalized spacial score (nSPS) is 19.7. The van der Waals surface area contributed by atoms with Crippen molar-refractivity contribution < 1.29 is 9.59 Å². The molecule has 0 saturated heterocycles. The van der Waals surface area contributed by atoms with Gasteiger partial charge in [0.2, 0.25) is 5.91 Å². The van der Waals surface area contributed by atoms with E-state index in [1.54, 1.807) is 6.08 Å². The van der Waals surface area contributed by atoms with Gasteiger partial charge in [0.25, 0.3) is 0 Å². The number of allylic oxidation sites excluding steroid dienone is 1. The van der Waals surface area contributed by atoms with Crippen LogP contribution in [0, 0.1) is 0 Å². The van der Waals surface area contributed by atoms with Crippen LogP contribution in [0.15, 0.2) is 36.4 Å². The molecule has 0 aliphatic heterocycles. The molecule has 1 aromatic carbocycles. The van der Waals surface area contributed by atoms with E-state index < -0.39 is 0 Å². The van der Waals surface area contributed by atoms with Gasteiger partial charge in [0.1, 0.15) is 0 Å². The monoisotopic (exact) mass is 229 g/mol. The number of rotatable bonds is 2. The Morgan fingerprint density at radius 2 is 2.00 bits per heavy atom. The summed E-state index contributed by atoms with van der Waals surface area (Å²) in [6.07, 6.45) is 3.15. The van der Waals surface area contributed by atoms with Gasteiger partial charge in [0.05, 0.1) is 6.04 Å². The molecule has 17 heavy (non-hydrogen) atoms. The maximum Gasteiger partial charge on any atom is 0.217 e. The molecule has 3 heteroatoms. The molecular formula is C14H15NO2. The van der Waals surface area contributed by atoms with Crippen LogP contribution in [0.3, 0.4) is 0 Å². The zero-order valence-electron chi connectivity index (χ0n) is 9.77. The molecule has 0 bridgehead atoms. The molecule has 88 valence electrons. The fourth-order valence-corrected chi connectivity index (χ4v) is 2.06. The zero-order chi connectivity index (χ0) is 12.3. The van der Waals surface area contributed by atoms with E-state index in [-0.39, 0.29) is 17.7 Å². The Bertz CT molecular complexity index is 462. The van der Waals surface area contributed by atoms with Crippen molar-refractivity contribution in [2.75, 3.05) is 0 Å². The molecule has 1 N–H and O–H groups in total. The van der Waals surface area contributed by atoms with Crippen molar-refractivity contribution in [3.63, 3.8) is 0 Å². The quantitative estimate of drug-likeness (QED) is 0.842. The molecule has 2 rings (SSSR count). The summed E-state index contributed by atoms with van der Waals surface area (Å²) >= 11 is 0. The van der Waals surface area contributed by atoms with E-state index in [9.17, 15) is 9.59 Å². The van der Waals surface area contributed by atoms with Crippen LogP contribution in [0.1, 0.15) is 25.3 Å². The number of hydrogen-bond acceptors (Lipinski definition) is 2. The highest BCUT2D eigenvalue weighted by Gasteiger charge is 2.23. The fraction of sp³-hybridized carbons (Fsp3) is 0.286. The van der Waals surface area contributed by atoms with E-state index in [0.717, 1.165) is 17.6 Å². The van der Waals surface area contributed by atoms with Crippen LogP contribution in [-0.2, 0) is 9.59 Å². The SMILES string of the molecule is CC(=O)NC1CCC(c2ccccc2)=CC1=O. The third kappa shape index (κ3) is 2.81. The summed E-state index contributed by atoms with van der Waals surface area (Å²) in [7, 11) is 0. The molecule has 1 atom stereocenters. The Hall–Kier alpha value is -1.90. The number of carbonyl (C=O) groups excluding carboxylic acids is 2. The van der Waals surface area contributed by atoms with Gasteiger partial charge < -0.3 is 5.32 Å². The summed E-state index contributed by atoms with van der Waals surface area (Å²) < 4.78 is 0. The molecule has 3 nitrogen and oxygen atoms in total. The van der Waals surface area contributed by atoms with Gasteiger partial charge in [-0.05, 0) is 30.1 Å². The van der Waals surface area contributed by atoms with E-state index in [0.29, 0.717) is 6.42 Å². The highest BCUT2D eigenvalue weighted by molar-refractivity contribution is 6.03. The van der Waals surface area contributed by atoms with Crippen LogP contribution in [0.2, 0.25) is 0 Å². The van der Waals surface area contributed by atoms with E-state index in [1.165, 1.54) is 6.92 Å². The van der Waals surface area contributed by atoms with Crippen molar-refractivity contribution in [1.29, 1.82) is 0 Å². The Balaban J connectivity index is 2.15. The smallest absolute Gasteiger partial charge is 0.217 e. The Kier molecular flexibility index (Phi) is 3.38. The third-order valence-corrected chi connectivity index (χ3v) is 2.88. The summed E-state index contributed by atoms with van der Waals surface area (Å²) in [5.41, 5.74) is 2.14. The number of benzene rings is 1. The topological polar surface area (TPSA) is 46.2 Å². The maximum absolute atomic E-state index is 11.8. The van der Waals surface area contributed by atoms with Crippen LogP contribution >= 0.6 is 0 Å². The Morgan fingerprint density at radius 1 is 1.29 bits per heavy atom. The largest absolute Gasteiger partial charge is 0.346 e. The minimum Gasteiger partial charge on any atom is -0.346 e. The Morgan fingerprint density at radius 3 is 2.59 bits per heavy atom. The van der Waals surface area contributed by atoms with Crippen LogP contribution in [0.4, 0.5) is 0 Å². The van der Waals surface area contributed by atoms with Crippen LogP contribution in [0.5, 0.6) is 0 Å². The van der Waals surface area contributed by atoms with Crippen molar-refractivity contribution in [2.24, 2.45) is 0 Å². The molecule has 1 aromatic rings. The first-order valence-electron chi connectivity index (χ1n) is 5.74. The molecule has 0 radical (unpaired) electrons. The van der Waals surface area contributed by atoms with E-state index in [1.807, 2.05) is 30.3 Å². The first kappa shape index (κ1) is 11.6. The molecule has 1 aliphatic rings. The number of amides is 1. The van der Waals surface area contributed by atoms with Crippen LogP contribution < -0.4 is 5.32 Å². The average Bonchev–Trinajstić information content (AvgIpc) is 2.32. The molecule has 0 aromatic heterocycles. The van der Waals surface area contributed by atoms with Crippen molar-refractivity contribution in [1.82, 2.24) is 5.32 Å². The molecule has 0 saturated carbocycles. The minimum absolute atomic E-state index is 0.00898. The van der Waals surface area contributed by atoms with Crippen LogP contribution in [0.25, 0.3) is 5.57 Å². The average molecular weight is 229 g/mol. The highest BCUT2D eigenvalue weighted by Crippen LogP contribution is 2.25. The summed E-state index contributed by atoms with van der Waals surface area (Å²) in [6, 6.07) is 9.52. The minimum atomic E-state index is -0.347. The predicted molar refractivity (Wildman–Crippen MR) is 66.3 cm³/mol. The lowest BCUT2D eigenvalue weighted by Crippen LogP contribution is -2.40. The second-order valence-electron chi connectivity index (χ2n) is 4.23. The Labute approximate surface area is 101 Å². The van der Waals surface area contributed by atoms with Crippen LogP contribution in [-0.4, -0.2) is 17.7 Å². The standard InChI is InChI=1S/C14H15NO2/c1-10(16)15-13-8-7-12(9-14(13)17)11-5-3-2-4-6-11/h2-6,9,13H,7-8H2,1H3,(H,15,16). The number of nitrogens with one attached hydrogen (secondary N) is 1. The second kappa shape index (κ2) is 4.95. The van der Waals surface area contributed by atoms with Gasteiger partial charge in [0.15, 0.2) is 5.78 Å². The van der Waals surface area contributed by atoms with Crippen molar-refractivity contribution >= 4 is 17.3 Å². The number of hydrogen-bond donors (Lipinski definition) is 1. The van der Waals surface area contributed by atoms with Gasteiger partial charge in [0, 0.05) is 6.92 Å². The lowest BCUT2D eigenvalue weighted by atomic mass is 9.90. The number of ketones is 1. The van der Waals surface area contributed by atoms with Gasteiger partial charge in [-0.15, -0.1) is 0 Å². The lowest BCUT2D eigenvalue weighted by Gasteiger charge is -2.21. The lowest BCUT2D eigenvalue weighted by molar-refractivity contribution is -0.124. The van der Waals surface area contributed by atoms with Crippen molar-refractivity contribution in [2.45, 2.75) is 25.8 Å². The summed E-state index contributed by atoms with van der Waals surface area (Å²) in [5.74, 6) is -0.162. The van der Waals surface area contributed by atoms with Gasteiger partial charge in [-0.2, -0.15) is 0 Å². The van der Waals surface area contributed by atoms with Gasteiger partial charge in [-0.3, -0.25) is 9.59 Å². The van der Waals surface area contributed by atoms with Crippen molar-refractivity contribution in [3.05, 3.63) is 42.0 Å². The van der Waals surface area contributed by atoms with E-state index in [2.05, 4.69) is 5.32 Å². The van der Waals surface area contributed by atoms with Gasteiger partial charge in [-0.25, -0.2) is 0 Å². The molecule has 0 spiro atoms. The molecule has 1 unspecified atom stereocenters. The molecular weight excluding hydrogens is 214 g/mol. The first-order chi connectivity index (χ1) is 8.16. The van der Waals surface area contributed by atoms with E-state index in [4.69, 9.17) is 0 Å². The van der Waals surface area contributed by atoms with Gasteiger partial charge in [-0.1, -0.05) is 30.3 Å². The summed E-state index contributed by atoms with van der Waals surface area (Å²) in [5, 5.41) is 2.67. The predicted octanol–water partition coefficient (Wildman–Crippen LogP) is 1.94. The third-order valence-electron chi connectivity index (χ3n) is 2.88. The van der Waals surface area contributed by atoms with Crippen molar-refractivity contribution in [3.8, 4) is 0 Å². The first-order valence-corrected chi connectivity index (χ1v) is 5.74. The number of carbonyl (C=O) groups is 2. The highest BCUT2D eigenvalue weighted by atomic mass is 16.2. The summed E-state index contributed by atoms with van der Waals surface area (Å²) in [6.45, 7) is 1.43. The molecule has 1 aliphatic carbocycles. The van der Waals surface area contributed by atoms with E-state index >= 15 is 0 Å². The molecule has 0 fully saturated rings. The zero-order valence-corrected chi connectivity index (χ0v) is 9.77. The summed E-state index contributed by atoms with van der Waals surface area (Å²) in [4.78, 5) is 22.7.